The molecule has 0 radical (unpaired) electrons. The summed E-state index contributed by atoms with van der Waals surface area (Å²) in [4.78, 5) is 0. The highest BCUT2D eigenvalue weighted by Gasteiger charge is 2.06. The molecule has 0 spiro atoms. The van der Waals surface area contributed by atoms with E-state index >= 15 is 0 Å². The van der Waals surface area contributed by atoms with E-state index in [1.54, 1.807) is 24.3 Å². The highest BCUT2D eigenvalue weighted by molar-refractivity contribution is 9.10. The van der Waals surface area contributed by atoms with Crippen LogP contribution in [0.1, 0.15) is 5.56 Å². The molecule has 3 nitrogen and oxygen atoms in total. The van der Waals surface area contributed by atoms with Crippen LogP contribution in [0.25, 0.3) is 0 Å². The largest absolute Gasteiger partial charge is 0.283 e. The number of benzene rings is 1. The molecule has 1 aromatic rings. The van der Waals surface area contributed by atoms with E-state index in [1.165, 1.54) is 0 Å². The lowest BCUT2D eigenvalue weighted by molar-refractivity contribution is 0.606. The summed E-state index contributed by atoms with van der Waals surface area (Å²) < 4.78 is 24.6. The van der Waals surface area contributed by atoms with Crippen molar-refractivity contribution in [3.8, 4) is 12.3 Å². The Morgan fingerprint density at radius 3 is 2.79 bits per heavy atom. The summed E-state index contributed by atoms with van der Waals surface area (Å²) in [6.07, 6.45) is 5.18. The van der Waals surface area contributed by atoms with Gasteiger partial charge >= 0.3 is 0 Å². The number of nitrogens with one attached hydrogen (secondary N) is 1. The number of anilines is 1. The molecule has 14 heavy (non-hydrogen) atoms. The van der Waals surface area contributed by atoms with E-state index < -0.39 is 10.0 Å². The predicted molar refractivity (Wildman–Crippen MR) is 60.7 cm³/mol. The molecule has 5 heteroatoms. The first-order valence-electron chi connectivity index (χ1n) is 3.70. The number of alkyl halides is 1. The van der Waals surface area contributed by atoms with Gasteiger partial charge in [0.2, 0.25) is 10.0 Å². The van der Waals surface area contributed by atoms with Crippen molar-refractivity contribution in [1.29, 1.82) is 0 Å². The van der Waals surface area contributed by atoms with Crippen LogP contribution in [0.2, 0.25) is 0 Å². The molecule has 0 saturated heterocycles. The topological polar surface area (TPSA) is 46.2 Å². The molecule has 74 valence electrons. The van der Waals surface area contributed by atoms with Gasteiger partial charge in [0.05, 0.1) is 0 Å². The Morgan fingerprint density at radius 1 is 1.50 bits per heavy atom. The van der Waals surface area contributed by atoms with E-state index in [9.17, 15) is 8.42 Å². The smallest absolute Gasteiger partial charge is 0.242 e. The van der Waals surface area contributed by atoms with Crippen LogP contribution in [0.5, 0.6) is 0 Å². The Morgan fingerprint density at radius 2 is 2.21 bits per heavy atom. The van der Waals surface area contributed by atoms with Crippen molar-refractivity contribution in [2.75, 3.05) is 9.38 Å². The fraction of sp³-hybridized carbons (Fsp3) is 0.111. The summed E-state index contributed by atoms with van der Waals surface area (Å²) in [7, 11) is -3.30. The van der Waals surface area contributed by atoms with Crippen LogP contribution in [0.4, 0.5) is 5.69 Å². The van der Waals surface area contributed by atoms with E-state index in [0.29, 0.717) is 11.3 Å². The van der Waals surface area contributed by atoms with Crippen molar-refractivity contribution < 1.29 is 8.42 Å². The van der Waals surface area contributed by atoms with Gasteiger partial charge < -0.3 is 0 Å². The molecule has 0 aliphatic carbocycles. The summed E-state index contributed by atoms with van der Waals surface area (Å²) in [5.74, 6) is 2.42. The standard InChI is InChI=1S/C9H8BrNO2S/c1-2-8-4-3-5-9(6-8)11-14(12,13)7-10/h1,3-6,11H,7H2. The summed E-state index contributed by atoms with van der Waals surface area (Å²) >= 11 is 2.87. The van der Waals surface area contributed by atoms with Crippen molar-refractivity contribution in [3.05, 3.63) is 29.8 Å². The van der Waals surface area contributed by atoms with Gasteiger partial charge in [0.1, 0.15) is 4.66 Å². The van der Waals surface area contributed by atoms with Crippen molar-refractivity contribution in [3.63, 3.8) is 0 Å². The minimum Gasteiger partial charge on any atom is -0.283 e. The number of sulfonamides is 1. The van der Waals surface area contributed by atoms with Gasteiger partial charge in [0.25, 0.3) is 0 Å². The van der Waals surface area contributed by atoms with Crippen LogP contribution in [0.3, 0.4) is 0 Å². The molecule has 0 fully saturated rings. The van der Waals surface area contributed by atoms with Gasteiger partial charge in [-0.2, -0.15) is 0 Å². The van der Waals surface area contributed by atoms with Gasteiger partial charge in [-0.3, -0.25) is 4.72 Å². The first-order valence-corrected chi connectivity index (χ1v) is 6.48. The van der Waals surface area contributed by atoms with Crippen molar-refractivity contribution in [2.45, 2.75) is 0 Å². The molecule has 0 heterocycles. The second-order valence-corrected chi connectivity index (χ2v) is 5.58. The Balaban J connectivity index is 2.94. The van der Waals surface area contributed by atoms with E-state index in [0.717, 1.165) is 0 Å². The van der Waals surface area contributed by atoms with Gasteiger partial charge in [-0.25, -0.2) is 8.42 Å². The van der Waals surface area contributed by atoms with Crippen LogP contribution < -0.4 is 4.72 Å². The molecule has 0 aliphatic heterocycles. The zero-order valence-electron chi connectivity index (χ0n) is 7.20. The van der Waals surface area contributed by atoms with Gasteiger partial charge in [0.15, 0.2) is 0 Å². The second-order valence-electron chi connectivity index (χ2n) is 2.55. The van der Waals surface area contributed by atoms with Gasteiger partial charge in [-0.15, -0.1) is 6.42 Å². The fourth-order valence-corrected chi connectivity index (χ4v) is 1.76. The SMILES string of the molecule is C#Cc1cccc(NS(=O)(=O)CBr)c1. The molecule has 1 rings (SSSR count). The predicted octanol–water partition coefficient (Wildman–Crippen LogP) is 1.76. The van der Waals surface area contributed by atoms with Crippen LogP contribution in [-0.4, -0.2) is 13.1 Å². The Labute approximate surface area is 91.7 Å². The normalized spacial score (nSPS) is 10.6. The van der Waals surface area contributed by atoms with Crippen LogP contribution in [0, 0.1) is 12.3 Å². The third-order valence-electron chi connectivity index (χ3n) is 1.45. The van der Waals surface area contributed by atoms with Gasteiger partial charge in [0, 0.05) is 11.3 Å². The lowest BCUT2D eigenvalue weighted by atomic mass is 10.2. The number of hydrogen-bond acceptors (Lipinski definition) is 2. The van der Waals surface area contributed by atoms with E-state index in [2.05, 4.69) is 26.6 Å². The molecule has 0 amide bonds. The first-order chi connectivity index (χ1) is 6.57. The Hall–Kier alpha value is -0.990. The summed E-state index contributed by atoms with van der Waals surface area (Å²) in [6, 6.07) is 6.66. The molecule has 0 atom stereocenters. The Kier molecular flexibility index (Phi) is 3.55. The number of terminal acetylenes is 1. The zero-order chi connectivity index (χ0) is 10.6. The van der Waals surface area contributed by atoms with Gasteiger partial charge in [-0.05, 0) is 18.2 Å². The molecule has 0 saturated carbocycles. The zero-order valence-corrected chi connectivity index (χ0v) is 9.60. The van der Waals surface area contributed by atoms with E-state index in [4.69, 9.17) is 6.42 Å². The molecular formula is C9H8BrNO2S. The maximum absolute atomic E-state index is 11.2. The molecule has 0 aliphatic rings. The highest BCUT2D eigenvalue weighted by Crippen LogP contribution is 2.12. The minimum atomic E-state index is -3.30. The minimum absolute atomic E-state index is 0.139. The molecule has 1 N–H and O–H groups in total. The third-order valence-corrected chi connectivity index (χ3v) is 4.09. The van der Waals surface area contributed by atoms with Crippen LogP contribution in [-0.2, 0) is 10.0 Å². The van der Waals surface area contributed by atoms with Crippen LogP contribution in [0.15, 0.2) is 24.3 Å². The highest BCUT2D eigenvalue weighted by atomic mass is 79.9. The lowest BCUT2D eigenvalue weighted by Gasteiger charge is -2.04. The average Bonchev–Trinajstić information content (AvgIpc) is 2.17. The molecule has 0 unspecified atom stereocenters. The third kappa shape index (κ3) is 3.05. The fourth-order valence-electron chi connectivity index (χ4n) is 0.879. The van der Waals surface area contributed by atoms with E-state index in [1.807, 2.05) is 0 Å². The summed E-state index contributed by atoms with van der Waals surface area (Å²) in [5, 5.41) is 0. The number of halogens is 1. The first kappa shape index (κ1) is 11.1. The van der Waals surface area contributed by atoms with Crippen LogP contribution >= 0.6 is 15.9 Å². The second kappa shape index (κ2) is 4.49. The quantitative estimate of drug-likeness (QED) is 0.674. The summed E-state index contributed by atoms with van der Waals surface area (Å²) in [6.45, 7) is 0. The molecule has 1 aromatic carbocycles. The number of hydrogen-bond donors (Lipinski definition) is 1. The maximum Gasteiger partial charge on any atom is 0.242 e. The molecular weight excluding hydrogens is 266 g/mol. The molecule has 0 aromatic heterocycles. The molecule has 0 bridgehead atoms. The Bertz CT molecular complexity index is 462. The van der Waals surface area contributed by atoms with E-state index in [-0.39, 0.29) is 4.66 Å². The monoisotopic (exact) mass is 273 g/mol. The van der Waals surface area contributed by atoms with Crippen molar-refractivity contribution in [1.82, 2.24) is 0 Å². The van der Waals surface area contributed by atoms with Crippen molar-refractivity contribution >= 4 is 31.6 Å². The number of rotatable bonds is 3. The van der Waals surface area contributed by atoms with Gasteiger partial charge in [-0.1, -0.05) is 27.9 Å². The lowest BCUT2D eigenvalue weighted by Crippen LogP contribution is -2.13. The van der Waals surface area contributed by atoms with Crippen molar-refractivity contribution in [2.24, 2.45) is 0 Å². The maximum atomic E-state index is 11.2. The summed E-state index contributed by atoms with van der Waals surface area (Å²) in [5.41, 5.74) is 1.11. The average molecular weight is 274 g/mol.